The molecular weight excluding hydrogens is 548 g/mol. The largest absolute Gasteiger partial charge is 0.458 e. The molecule has 214 valence electrons. The van der Waals surface area contributed by atoms with Gasteiger partial charge in [0, 0.05) is 44.7 Å². The minimum absolute atomic E-state index is 0.0238. The van der Waals surface area contributed by atoms with Gasteiger partial charge in [0.05, 0.1) is 11.0 Å². The third-order valence-corrected chi connectivity index (χ3v) is 10.0. The molecule has 0 saturated carbocycles. The molecule has 3 aliphatic rings. The molecule has 0 spiro atoms. The molecule has 0 amide bonds. The summed E-state index contributed by atoms with van der Waals surface area (Å²) in [4.78, 5) is 2.53. The Morgan fingerprint density at radius 3 is 2.07 bits per heavy atom. The fourth-order valence-electron chi connectivity index (χ4n) is 8.14. The van der Waals surface area contributed by atoms with Crippen molar-refractivity contribution in [1.29, 1.82) is 0 Å². The highest BCUT2D eigenvalue weighted by molar-refractivity contribution is 6.09. The quantitative estimate of drug-likeness (QED) is 0.208. The molecule has 10 rings (SSSR count). The number of fused-ring (bicyclic) bond motifs is 10. The molecule has 7 aromatic rings. The normalized spacial score (nSPS) is 18.6. The number of allylic oxidation sites excluding steroid dienone is 4. The van der Waals surface area contributed by atoms with Gasteiger partial charge in [-0.05, 0) is 84.2 Å². The van der Waals surface area contributed by atoms with Gasteiger partial charge >= 0.3 is 0 Å². The summed E-state index contributed by atoms with van der Waals surface area (Å²) in [5.41, 5.74) is 12.4. The maximum absolute atomic E-state index is 6.78. The Kier molecular flexibility index (Phi) is 5.23. The Morgan fingerprint density at radius 2 is 1.31 bits per heavy atom. The molecule has 2 aromatic heterocycles. The lowest BCUT2D eigenvalue weighted by Crippen LogP contribution is -2.26. The summed E-state index contributed by atoms with van der Waals surface area (Å²) in [7, 11) is 0. The summed E-state index contributed by atoms with van der Waals surface area (Å²) in [5.74, 6) is 1.24. The molecule has 1 aliphatic heterocycles. The third kappa shape index (κ3) is 3.52. The first-order valence-electron chi connectivity index (χ1n) is 15.9. The predicted molar refractivity (Wildman–Crippen MR) is 185 cm³/mol. The van der Waals surface area contributed by atoms with Crippen LogP contribution in [-0.2, 0) is 0 Å². The summed E-state index contributed by atoms with van der Waals surface area (Å²) in [6.07, 6.45) is 11.4. The van der Waals surface area contributed by atoms with Gasteiger partial charge in [0.25, 0.3) is 0 Å². The van der Waals surface area contributed by atoms with Gasteiger partial charge in [-0.2, -0.15) is 0 Å². The molecule has 0 N–H and O–H groups in total. The van der Waals surface area contributed by atoms with Crippen molar-refractivity contribution in [3.8, 4) is 5.69 Å². The minimum atomic E-state index is 0.0238. The minimum Gasteiger partial charge on any atom is -0.458 e. The highest BCUT2D eigenvalue weighted by Crippen LogP contribution is 2.60. The van der Waals surface area contributed by atoms with Crippen LogP contribution >= 0.6 is 0 Å². The second-order valence-corrected chi connectivity index (χ2v) is 12.4. The van der Waals surface area contributed by atoms with E-state index in [4.69, 9.17) is 4.42 Å². The van der Waals surface area contributed by atoms with Gasteiger partial charge in [-0.1, -0.05) is 91.0 Å². The zero-order valence-corrected chi connectivity index (χ0v) is 24.7. The van der Waals surface area contributed by atoms with E-state index in [0.29, 0.717) is 0 Å². The number of rotatable bonds is 3. The van der Waals surface area contributed by atoms with E-state index in [9.17, 15) is 0 Å². The lowest BCUT2D eigenvalue weighted by Gasteiger charge is -2.34. The number of benzene rings is 5. The SMILES string of the molecule is C1=CCCC(C2=Cc3c(oc4ccccc34)C3C2c2ccccc2N3c2ccc(-n3c4ccccc4c4ccccc43)cc2)=C1. The molecular formula is C42H30N2O. The summed E-state index contributed by atoms with van der Waals surface area (Å²) in [5, 5.41) is 3.74. The van der Waals surface area contributed by atoms with E-state index < -0.39 is 0 Å². The summed E-state index contributed by atoms with van der Waals surface area (Å²) in [6.45, 7) is 0. The Hall–Kier alpha value is -5.54. The number of hydrogen-bond acceptors (Lipinski definition) is 2. The number of hydrogen-bond donors (Lipinski definition) is 0. The van der Waals surface area contributed by atoms with Crippen LogP contribution in [0.5, 0.6) is 0 Å². The van der Waals surface area contributed by atoms with E-state index in [1.165, 1.54) is 60.8 Å². The molecule has 45 heavy (non-hydrogen) atoms. The fourth-order valence-corrected chi connectivity index (χ4v) is 8.14. The maximum atomic E-state index is 6.78. The molecule has 2 unspecified atom stereocenters. The van der Waals surface area contributed by atoms with Crippen LogP contribution in [0.2, 0.25) is 0 Å². The molecule has 0 fully saturated rings. The average molecular weight is 579 g/mol. The summed E-state index contributed by atoms with van der Waals surface area (Å²) >= 11 is 0. The molecule has 0 saturated heterocycles. The van der Waals surface area contributed by atoms with Gasteiger partial charge in [-0.15, -0.1) is 0 Å². The maximum Gasteiger partial charge on any atom is 0.136 e. The topological polar surface area (TPSA) is 21.3 Å². The van der Waals surface area contributed by atoms with Crippen LogP contribution in [0.4, 0.5) is 11.4 Å². The van der Waals surface area contributed by atoms with Crippen molar-refractivity contribution in [3.05, 3.63) is 168 Å². The van der Waals surface area contributed by atoms with Gasteiger partial charge in [0.1, 0.15) is 17.4 Å². The summed E-state index contributed by atoms with van der Waals surface area (Å²) < 4.78 is 9.16. The van der Waals surface area contributed by atoms with Crippen LogP contribution in [-0.4, -0.2) is 4.57 Å². The van der Waals surface area contributed by atoms with Crippen molar-refractivity contribution in [2.45, 2.75) is 24.8 Å². The third-order valence-electron chi connectivity index (χ3n) is 10.0. The van der Waals surface area contributed by atoms with Crippen molar-refractivity contribution in [1.82, 2.24) is 4.57 Å². The number of nitrogens with zero attached hydrogens (tertiary/aromatic N) is 2. The number of aromatic nitrogens is 1. The number of furan rings is 1. The van der Waals surface area contributed by atoms with Crippen LogP contribution < -0.4 is 4.90 Å². The van der Waals surface area contributed by atoms with Gasteiger partial charge in [0.2, 0.25) is 0 Å². The first-order valence-corrected chi connectivity index (χ1v) is 15.9. The van der Waals surface area contributed by atoms with E-state index in [1.54, 1.807) is 0 Å². The van der Waals surface area contributed by atoms with Gasteiger partial charge in [-0.25, -0.2) is 0 Å². The second-order valence-electron chi connectivity index (χ2n) is 12.4. The standard InChI is InChI=1S/C42H30N2O/c1-2-12-27(13-3-1)34-26-35-32-16-7-11-21-39(32)45-42(35)41-40(34)33-17-6-10-20-38(33)44(41)29-24-22-28(23-25-29)43-36-18-8-4-14-30(36)31-15-5-9-19-37(31)43/h1-2,4-12,14-26,40-41H,3,13H2. The number of para-hydroxylation sites is 4. The van der Waals surface area contributed by atoms with E-state index in [0.717, 1.165) is 29.9 Å². The lowest BCUT2D eigenvalue weighted by atomic mass is 9.75. The van der Waals surface area contributed by atoms with E-state index in [2.05, 4.69) is 155 Å². The Balaban J connectivity index is 1.17. The molecule has 2 atom stereocenters. The molecule has 0 bridgehead atoms. The lowest BCUT2D eigenvalue weighted by molar-refractivity contribution is 0.472. The highest BCUT2D eigenvalue weighted by Gasteiger charge is 2.47. The molecule has 2 aliphatic carbocycles. The van der Waals surface area contributed by atoms with Crippen LogP contribution in [0.3, 0.4) is 0 Å². The first kappa shape index (κ1) is 24.9. The average Bonchev–Trinajstić information content (AvgIpc) is 3.77. The first-order chi connectivity index (χ1) is 22.3. The summed E-state index contributed by atoms with van der Waals surface area (Å²) in [6, 6.07) is 44.0. The molecule has 3 nitrogen and oxygen atoms in total. The fraction of sp³-hybridized carbons (Fsp3) is 0.0952. The van der Waals surface area contributed by atoms with E-state index >= 15 is 0 Å². The Labute approximate surface area is 261 Å². The van der Waals surface area contributed by atoms with Crippen molar-refractivity contribution in [3.63, 3.8) is 0 Å². The Bertz CT molecular complexity index is 2340. The van der Waals surface area contributed by atoms with Crippen molar-refractivity contribution < 1.29 is 4.42 Å². The number of anilines is 2. The van der Waals surface area contributed by atoms with Crippen LogP contribution in [0.1, 0.15) is 41.7 Å². The smallest absolute Gasteiger partial charge is 0.136 e. The van der Waals surface area contributed by atoms with E-state index in [1.807, 2.05) is 0 Å². The van der Waals surface area contributed by atoms with Crippen molar-refractivity contribution in [2.75, 3.05) is 4.90 Å². The van der Waals surface area contributed by atoms with Crippen LogP contribution in [0.15, 0.2) is 155 Å². The molecule has 5 aromatic carbocycles. The van der Waals surface area contributed by atoms with Crippen LogP contribution in [0, 0.1) is 0 Å². The highest BCUT2D eigenvalue weighted by atomic mass is 16.3. The second kappa shape index (κ2) is 9.48. The van der Waals surface area contributed by atoms with Gasteiger partial charge in [-0.3, -0.25) is 0 Å². The zero-order chi connectivity index (χ0) is 29.5. The zero-order valence-electron chi connectivity index (χ0n) is 24.7. The molecule has 3 heteroatoms. The Morgan fingerprint density at radius 1 is 0.644 bits per heavy atom. The predicted octanol–water partition coefficient (Wildman–Crippen LogP) is 11.2. The monoisotopic (exact) mass is 578 g/mol. The molecule has 3 heterocycles. The van der Waals surface area contributed by atoms with Crippen molar-refractivity contribution >= 4 is 50.2 Å². The molecule has 0 radical (unpaired) electrons. The van der Waals surface area contributed by atoms with Crippen LogP contribution in [0.25, 0.3) is 44.5 Å². The van der Waals surface area contributed by atoms with Crippen molar-refractivity contribution in [2.24, 2.45) is 0 Å². The van der Waals surface area contributed by atoms with Gasteiger partial charge < -0.3 is 13.9 Å². The van der Waals surface area contributed by atoms with E-state index in [-0.39, 0.29) is 12.0 Å². The van der Waals surface area contributed by atoms with Gasteiger partial charge in [0.15, 0.2) is 0 Å².